The number of carbonyl (C=O) groups is 2. The second-order valence-electron chi connectivity index (χ2n) is 7.29. The van der Waals surface area contributed by atoms with Crippen molar-refractivity contribution in [3.05, 3.63) is 23.9 Å². The lowest BCUT2D eigenvalue weighted by Gasteiger charge is -2.48. The minimum atomic E-state index is 0.0359. The van der Waals surface area contributed by atoms with E-state index in [9.17, 15) is 9.59 Å². The fourth-order valence-corrected chi connectivity index (χ4v) is 4.03. The van der Waals surface area contributed by atoms with Crippen LogP contribution in [-0.2, 0) is 9.53 Å². The molecule has 1 aromatic rings. The van der Waals surface area contributed by atoms with E-state index >= 15 is 0 Å². The third-order valence-electron chi connectivity index (χ3n) is 5.45. The molecule has 0 N–H and O–H groups in total. The van der Waals surface area contributed by atoms with Crippen molar-refractivity contribution in [2.75, 3.05) is 44.8 Å². The summed E-state index contributed by atoms with van der Waals surface area (Å²) >= 11 is 0. The number of aromatic nitrogens is 1. The number of pyridine rings is 1. The molecular formula is C19H27N3O3. The Labute approximate surface area is 149 Å². The summed E-state index contributed by atoms with van der Waals surface area (Å²) in [5.41, 5.74) is 0.783. The smallest absolute Gasteiger partial charge is 0.222 e. The van der Waals surface area contributed by atoms with Crippen LogP contribution in [0, 0.1) is 5.41 Å². The van der Waals surface area contributed by atoms with Crippen LogP contribution < -0.4 is 4.90 Å². The molecule has 2 fully saturated rings. The molecule has 2 saturated heterocycles. The van der Waals surface area contributed by atoms with Gasteiger partial charge in [0.05, 0.1) is 6.61 Å². The zero-order chi connectivity index (χ0) is 17.9. The summed E-state index contributed by atoms with van der Waals surface area (Å²) in [6, 6.07) is 3.79. The molecule has 6 nitrogen and oxygen atoms in total. The number of nitrogens with zero attached hydrogens (tertiary/aromatic N) is 3. The summed E-state index contributed by atoms with van der Waals surface area (Å²) in [5, 5.41) is 0. The molecule has 6 heteroatoms. The SMILES string of the molecule is COCCN1C[C@@]2(CCCN(c3ccc(C(C)=O)cn3)C2)CCC1=O. The molecule has 0 aromatic carbocycles. The van der Waals surface area contributed by atoms with Gasteiger partial charge in [0.2, 0.25) is 5.91 Å². The van der Waals surface area contributed by atoms with Crippen molar-refractivity contribution in [2.45, 2.75) is 32.6 Å². The van der Waals surface area contributed by atoms with Crippen LogP contribution in [-0.4, -0.2) is 61.5 Å². The van der Waals surface area contributed by atoms with Crippen molar-refractivity contribution in [3.63, 3.8) is 0 Å². The standard InChI is InChI=1S/C19H27N3O3/c1-15(23)16-4-5-17(20-12-16)21-9-3-7-19(13-21)8-6-18(24)22(14-19)10-11-25-2/h4-5,12H,3,6-11,13-14H2,1-2H3/t19-/m0/s1. The summed E-state index contributed by atoms with van der Waals surface area (Å²) in [5.74, 6) is 1.20. The van der Waals surface area contributed by atoms with E-state index in [4.69, 9.17) is 4.74 Å². The number of hydrogen-bond donors (Lipinski definition) is 0. The fraction of sp³-hybridized carbons (Fsp3) is 0.632. The molecule has 3 rings (SSSR count). The Balaban J connectivity index is 1.71. The van der Waals surface area contributed by atoms with Crippen LogP contribution in [0.3, 0.4) is 0 Å². The minimum absolute atomic E-state index is 0.0359. The van der Waals surface area contributed by atoms with Crippen LogP contribution in [0.1, 0.15) is 43.0 Å². The highest BCUT2D eigenvalue weighted by atomic mass is 16.5. The van der Waals surface area contributed by atoms with Gasteiger partial charge in [-0.05, 0) is 38.3 Å². The van der Waals surface area contributed by atoms with Crippen LogP contribution in [0.15, 0.2) is 18.3 Å². The van der Waals surface area contributed by atoms with Gasteiger partial charge in [-0.2, -0.15) is 0 Å². The molecule has 0 unspecified atom stereocenters. The first kappa shape index (κ1) is 17.9. The van der Waals surface area contributed by atoms with E-state index in [1.165, 1.54) is 0 Å². The Morgan fingerprint density at radius 2 is 2.16 bits per heavy atom. The van der Waals surface area contributed by atoms with Gasteiger partial charge >= 0.3 is 0 Å². The Morgan fingerprint density at radius 3 is 2.84 bits per heavy atom. The molecule has 0 saturated carbocycles. The van der Waals surface area contributed by atoms with Gasteiger partial charge in [-0.1, -0.05) is 0 Å². The zero-order valence-electron chi connectivity index (χ0n) is 15.2. The summed E-state index contributed by atoms with van der Waals surface area (Å²) in [7, 11) is 1.67. The molecule has 136 valence electrons. The van der Waals surface area contributed by atoms with Crippen LogP contribution in [0.2, 0.25) is 0 Å². The lowest BCUT2D eigenvalue weighted by Crippen LogP contribution is -2.54. The van der Waals surface area contributed by atoms with Crippen molar-refractivity contribution in [1.82, 2.24) is 9.88 Å². The van der Waals surface area contributed by atoms with Gasteiger partial charge in [0.1, 0.15) is 5.82 Å². The van der Waals surface area contributed by atoms with Crippen LogP contribution in [0.5, 0.6) is 0 Å². The van der Waals surface area contributed by atoms with E-state index in [-0.39, 0.29) is 17.1 Å². The second kappa shape index (κ2) is 7.52. The highest BCUT2D eigenvalue weighted by molar-refractivity contribution is 5.93. The second-order valence-corrected chi connectivity index (χ2v) is 7.29. The molecule has 1 atom stereocenters. The first-order chi connectivity index (χ1) is 12.0. The number of ether oxygens (including phenoxy) is 1. The van der Waals surface area contributed by atoms with Gasteiger partial charge in [-0.25, -0.2) is 4.98 Å². The van der Waals surface area contributed by atoms with Gasteiger partial charge < -0.3 is 14.5 Å². The molecule has 1 spiro atoms. The van der Waals surface area contributed by atoms with Gasteiger partial charge in [-0.3, -0.25) is 9.59 Å². The molecule has 3 heterocycles. The number of rotatable bonds is 5. The molecular weight excluding hydrogens is 318 g/mol. The van der Waals surface area contributed by atoms with Crippen molar-refractivity contribution in [1.29, 1.82) is 0 Å². The Bertz CT molecular complexity index is 631. The van der Waals surface area contributed by atoms with Crippen LogP contribution in [0.4, 0.5) is 5.82 Å². The van der Waals surface area contributed by atoms with E-state index in [2.05, 4.69) is 9.88 Å². The maximum Gasteiger partial charge on any atom is 0.222 e. The van der Waals surface area contributed by atoms with E-state index in [1.807, 2.05) is 17.0 Å². The zero-order valence-corrected chi connectivity index (χ0v) is 15.2. The first-order valence-electron chi connectivity index (χ1n) is 9.02. The summed E-state index contributed by atoms with van der Waals surface area (Å²) in [6.45, 7) is 5.50. The Hall–Kier alpha value is -1.95. The number of methoxy groups -OCH3 is 1. The maximum atomic E-state index is 12.2. The quantitative estimate of drug-likeness (QED) is 0.765. The molecule has 2 aliphatic rings. The van der Waals surface area contributed by atoms with E-state index in [0.717, 1.165) is 44.7 Å². The van der Waals surface area contributed by atoms with Gasteiger partial charge in [0.15, 0.2) is 5.78 Å². The predicted molar refractivity (Wildman–Crippen MR) is 95.8 cm³/mol. The molecule has 2 aliphatic heterocycles. The third-order valence-corrected chi connectivity index (χ3v) is 5.45. The Kier molecular flexibility index (Phi) is 5.37. The number of Topliss-reactive ketones (excluding diaryl/α,β-unsaturated/α-hetero) is 1. The minimum Gasteiger partial charge on any atom is -0.383 e. The van der Waals surface area contributed by atoms with Crippen molar-refractivity contribution >= 4 is 17.5 Å². The summed E-state index contributed by atoms with van der Waals surface area (Å²) in [6.07, 6.45) is 5.47. The molecule has 0 aliphatic carbocycles. The normalized spacial score (nSPS) is 24.0. The molecule has 0 radical (unpaired) electrons. The third kappa shape index (κ3) is 4.00. The number of anilines is 1. The van der Waals surface area contributed by atoms with Gasteiger partial charge in [0, 0.05) is 56.9 Å². The van der Waals surface area contributed by atoms with Crippen LogP contribution in [0.25, 0.3) is 0 Å². The number of hydrogen-bond acceptors (Lipinski definition) is 5. The topological polar surface area (TPSA) is 62.7 Å². The maximum absolute atomic E-state index is 12.2. The highest BCUT2D eigenvalue weighted by Gasteiger charge is 2.41. The van der Waals surface area contributed by atoms with E-state index < -0.39 is 0 Å². The lowest BCUT2D eigenvalue weighted by atomic mass is 9.73. The number of ketones is 1. The van der Waals surface area contributed by atoms with Crippen molar-refractivity contribution in [3.8, 4) is 0 Å². The van der Waals surface area contributed by atoms with E-state index in [1.54, 1.807) is 20.2 Å². The fourth-order valence-electron chi connectivity index (χ4n) is 4.03. The number of likely N-dealkylation sites (tertiary alicyclic amines) is 1. The van der Waals surface area contributed by atoms with Crippen LogP contribution >= 0.6 is 0 Å². The largest absolute Gasteiger partial charge is 0.383 e. The lowest BCUT2D eigenvalue weighted by molar-refractivity contribution is -0.138. The van der Waals surface area contributed by atoms with Crippen molar-refractivity contribution in [2.24, 2.45) is 5.41 Å². The number of piperidine rings is 2. The van der Waals surface area contributed by atoms with Gasteiger partial charge in [-0.15, -0.1) is 0 Å². The summed E-state index contributed by atoms with van der Waals surface area (Å²) in [4.78, 5) is 32.4. The monoisotopic (exact) mass is 345 g/mol. The van der Waals surface area contributed by atoms with Crippen molar-refractivity contribution < 1.29 is 14.3 Å². The molecule has 25 heavy (non-hydrogen) atoms. The van der Waals surface area contributed by atoms with Gasteiger partial charge in [0.25, 0.3) is 0 Å². The molecule has 1 aromatic heterocycles. The average Bonchev–Trinajstić information content (AvgIpc) is 2.63. The Morgan fingerprint density at radius 1 is 1.32 bits per heavy atom. The number of amides is 1. The average molecular weight is 345 g/mol. The molecule has 0 bridgehead atoms. The summed E-state index contributed by atoms with van der Waals surface area (Å²) < 4.78 is 5.15. The first-order valence-corrected chi connectivity index (χ1v) is 9.02. The number of carbonyl (C=O) groups excluding carboxylic acids is 2. The van der Waals surface area contributed by atoms with E-state index in [0.29, 0.717) is 25.1 Å². The highest BCUT2D eigenvalue weighted by Crippen LogP contribution is 2.39. The predicted octanol–water partition coefficient (Wildman–Crippen LogP) is 2.14. The molecule has 1 amide bonds.